The number of rotatable bonds is 3. The van der Waals surface area contributed by atoms with Crippen molar-refractivity contribution < 1.29 is 13.9 Å². The zero-order valence-corrected chi connectivity index (χ0v) is 10.2. The van der Waals surface area contributed by atoms with Crippen LogP contribution >= 0.6 is 0 Å². The van der Waals surface area contributed by atoms with Gasteiger partial charge in [0, 0.05) is 11.8 Å². The Morgan fingerprint density at radius 3 is 2.65 bits per heavy atom. The van der Waals surface area contributed by atoms with Crippen molar-refractivity contribution in [1.29, 1.82) is 0 Å². The Kier molecular flexibility index (Phi) is 4.37. The molecule has 0 aliphatic heterocycles. The number of aliphatic imine (C=N–C) groups is 1. The molecule has 0 fully saturated rings. The third-order valence-corrected chi connectivity index (χ3v) is 1.78. The lowest BCUT2D eigenvalue weighted by molar-refractivity contribution is -0.152. The van der Waals surface area contributed by atoms with Gasteiger partial charge in [-0.3, -0.25) is 9.79 Å². The van der Waals surface area contributed by atoms with Gasteiger partial charge in [-0.25, -0.2) is 4.39 Å². The summed E-state index contributed by atoms with van der Waals surface area (Å²) in [6, 6.07) is 6.24. The average Bonchev–Trinajstić information content (AvgIpc) is 2.18. The van der Waals surface area contributed by atoms with Gasteiger partial charge in [-0.2, -0.15) is 0 Å². The van der Waals surface area contributed by atoms with Gasteiger partial charge in [0.1, 0.15) is 18.0 Å². The first-order chi connectivity index (χ1) is 7.88. The number of nitrogens with zero attached hydrogens (tertiary/aromatic N) is 1. The molecular formula is C13H16FNO2. The monoisotopic (exact) mass is 237 g/mol. The molecule has 0 saturated heterocycles. The lowest BCUT2D eigenvalue weighted by Crippen LogP contribution is -2.25. The number of hydrogen-bond acceptors (Lipinski definition) is 3. The Bertz CT molecular complexity index is 422. The molecule has 1 rings (SSSR count). The van der Waals surface area contributed by atoms with Crippen molar-refractivity contribution in [2.24, 2.45) is 4.99 Å². The van der Waals surface area contributed by atoms with Crippen LogP contribution in [0.15, 0.2) is 29.3 Å². The van der Waals surface area contributed by atoms with E-state index < -0.39 is 11.6 Å². The first-order valence-electron chi connectivity index (χ1n) is 5.35. The molecule has 0 spiro atoms. The standard InChI is InChI=1S/C13H16FNO2/c1-13(2,3)17-12(16)9-15-8-10-6-4-5-7-11(10)14/h4-8H,9H2,1-3H3/b15-8-. The number of halogens is 1. The van der Waals surface area contributed by atoms with Gasteiger partial charge in [-0.05, 0) is 26.8 Å². The van der Waals surface area contributed by atoms with Crippen molar-refractivity contribution in [3.05, 3.63) is 35.6 Å². The average molecular weight is 237 g/mol. The van der Waals surface area contributed by atoms with Crippen LogP contribution in [-0.2, 0) is 9.53 Å². The molecule has 0 aliphatic carbocycles. The Hall–Kier alpha value is -1.71. The molecule has 92 valence electrons. The molecule has 0 aromatic heterocycles. The van der Waals surface area contributed by atoms with Crippen LogP contribution in [0.4, 0.5) is 4.39 Å². The number of benzene rings is 1. The summed E-state index contributed by atoms with van der Waals surface area (Å²) in [5.41, 5.74) is -0.166. The fourth-order valence-electron chi connectivity index (χ4n) is 1.17. The summed E-state index contributed by atoms with van der Waals surface area (Å²) in [4.78, 5) is 15.2. The maximum absolute atomic E-state index is 13.2. The molecule has 0 radical (unpaired) electrons. The number of hydrogen-bond donors (Lipinski definition) is 0. The van der Waals surface area contributed by atoms with E-state index in [0.29, 0.717) is 5.56 Å². The third kappa shape index (κ3) is 5.24. The topological polar surface area (TPSA) is 38.7 Å². The van der Waals surface area contributed by atoms with Crippen molar-refractivity contribution in [2.45, 2.75) is 26.4 Å². The Morgan fingerprint density at radius 1 is 1.41 bits per heavy atom. The van der Waals surface area contributed by atoms with E-state index in [1.165, 1.54) is 12.3 Å². The molecule has 0 aliphatic rings. The van der Waals surface area contributed by atoms with Gasteiger partial charge < -0.3 is 4.74 Å². The van der Waals surface area contributed by atoms with Crippen LogP contribution in [0.5, 0.6) is 0 Å². The minimum atomic E-state index is -0.523. The van der Waals surface area contributed by atoms with E-state index in [1.54, 1.807) is 39.0 Å². The predicted octanol–water partition coefficient (Wildman–Crippen LogP) is 2.59. The van der Waals surface area contributed by atoms with Gasteiger partial charge in [0.15, 0.2) is 0 Å². The van der Waals surface area contributed by atoms with E-state index in [0.717, 1.165) is 0 Å². The summed E-state index contributed by atoms with van der Waals surface area (Å²) in [6.45, 7) is 5.24. The van der Waals surface area contributed by atoms with E-state index in [4.69, 9.17) is 4.74 Å². The van der Waals surface area contributed by atoms with Gasteiger partial charge in [0.2, 0.25) is 0 Å². The second-order valence-corrected chi connectivity index (χ2v) is 4.58. The highest BCUT2D eigenvalue weighted by Gasteiger charge is 2.15. The van der Waals surface area contributed by atoms with E-state index in [1.807, 2.05) is 0 Å². The van der Waals surface area contributed by atoms with Gasteiger partial charge >= 0.3 is 5.97 Å². The summed E-state index contributed by atoms with van der Waals surface area (Å²) in [6.07, 6.45) is 1.33. The van der Waals surface area contributed by atoms with Gasteiger partial charge in [0.05, 0.1) is 0 Å². The minimum absolute atomic E-state index is 0.106. The molecule has 4 heteroatoms. The first kappa shape index (κ1) is 13.4. The third-order valence-electron chi connectivity index (χ3n) is 1.78. The Morgan fingerprint density at radius 2 is 2.06 bits per heavy atom. The van der Waals surface area contributed by atoms with Crippen LogP contribution in [0.1, 0.15) is 26.3 Å². The van der Waals surface area contributed by atoms with Crippen molar-refractivity contribution in [2.75, 3.05) is 6.54 Å². The summed E-state index contributed by atoms with van der Waals surface area (Å²) in [7, 11) is 0. The fraction of sp³-hybridized carbons (Fsp3) is 0.385. The van der Waals surface area contributed by atoms with Gasteiger partial charge in [-0.1, -0.05) is 18.2 Å². The summed E-state index contributed by atoms with van der Waals surface area (Å²) in [5.74, 6) is -0.787. The van der Waals surface area contributed by atoms with Crippen LogP contribution in [0.3, 0.4) is 0 Å². The summed E-state index contributed by atoms with van der Waals surface area (Å²) < 4.78 is 18.2. The second-order valence-electron chi connectivity index (χ2n) is 4.58. The smallest absolute Gasteiger partial charge is 0.328 e. The zero-order valence-electron chi connectivity index (χ0n) is 10.2. The largest absolute Gasteiger partial charge is 0.459 e. The van der Waals surface area contributed by atoms with Crippen molar-refractivity contribution in [3.63, 3.8) is 0 Å². The molecule has 0 unspecified atom stereocenters. The molecule has 0 N–H and O–H groups in total. The summed E-state index contributed by atoms with van der Waals surface area (Å²) in [5, 5.41) is 0. The molecule has 0 saturated carbocycles. The van der Waals surface area contributed by atoms with Crippen molar-refractivity contribution >= 4 is 12.2 Å². The van der Waals surface area contributed by atoms with Crippen LogP contribution < -0.4 is 0 Å². The number of esters is 1. The summed E-state index contributed by atoms with van der Waals surface area (Å²) >= 11 is 0. The van der Waals surface area contributed by atoms with Gasteiger partial charge in [0.25, 0.3) is 0 Å². The maximum Gasteiger partial charge on any atom is 0.328 e. The first-order valence-corrected chi connectivity index (χ1v) is 5.35. The molecule has 3 nitrogen and oxygen atoms in total. The van der Waals surface area contributed by atoms with E-state index >= 15 is 0 Å². The maximum atomic E-state index is 13.2. The molecule has 1 aromatic rings. The van der Waals surface area contributed by atoms with Crippen molar-refractivity contribution in [1.82, 2.24) is 0 Å². The highest BCUT2D eigenvalue weighted by molar-refractivity contribution is 5.82. The molecule has 0 heterocycles. The Balaban J connectivity index is 2.51. The normalized spacial score (nSPS) is 11.8. The molecule has 0 amide bonds. The predicted molar refractivity (Wildman–Crippen MR) is 64.7 cm³/mol. The second kappa shape index (κ2) is 5.57. The van der Waals surface area contributed by atoms with Crippen molar-refractivity contribution in [3.8, 4) is 0 Å². The van der Waals surface area contributed by atoms with E-state index in [9.17, 15) is 9.18 Å². The highest BCUT2D eigenvalue weighted by atomic mass is 19.1. The van der Waals surface area contributed by atoms with Gasteiger partial charge in [-0.15, -0.1) is 0 Å². The van der Waals surface area contributed by atoms with E-state index in [2.05, 4.69) is 4.99 Å². The molecular weight excluding hydrogens is 221 g/mol. The lowest BCUT2D eigenvalue weighted by Gasteiger charge is -2.18. The fourth-order valence-corrected chi connectivity index (χ4v) is 1.17. The molecule has 1 aromatic carbocycles. The zero-order chi connectivity index (χ0) is 12.9. The number of carbonyl (C=O) groups is 1. The molecule has 0 bridgehead atoms. The lowest BCUT2D eigenvalue weighted by atomic mass is 10.2. The number of carbonyl (C=O) groups excluding carboxylic acids is 1. The highest BCUT2D eigenvalue weighted by Crippen LogP contribution is 2.07. The SMILES string of the molecule is CC(C)(C)OC(=O)C/N=C\c1ccccc1F. The molecule has 0 atom stereocenters. The molecule has 17 heavy (non-hydrogen) atoms. The minimum Gasteiger partial charge on any atom is -0.459 e. The Labute approximate surface area is 100 Å². The van der Waals surface area contributed by atoms with E-state index in [-0.39, 0.29) is 12.4 Å². The van der Waals surface area contributed by atoms with Crippen LogP contribution in [0.2, 0.25) is 0 Å². The number of ether oxygens (including phenoxy) is 1. The van der Waals surface area contributed by atoms with Crippen LogP contribution in [0, 0.1) is 5.82 Å². The quantitative estimate of drug-likeness (QED) is 0.598. The van der Waals surface area contributed by atoms with Crippen LogP contribution in [-0.4, -0.2) is 24.3 Å². The van der Waals surface area contributed by atoms with Crippen LogP contribution in [0.25, 0.3) is 0 Å².